The molecule has 4 heteroatoms. The minimum atomic E-state index is 0.461. The van der Waals surface area contributed by atoms with Crippen molar-refractivity contribution in [2.45, 2.75) is 0 Å². The van der Waals surface area contributed by atoms with E-state index in [1.165, 1.54) is 12.4 Å². The van der Waals surface area contributed by atoms with Crippen LogP contribution in [0.3, 0.4) is 0 Å². The van der Waals surface area contributed by atoms with Crippen molar-refractivity contribution in [1.29, 1.82) is 0 Å². The van der Waals surface area contributed by atoms with E-state index in [0.717, 1.165) is 0 Å². The molecule has 0 spiro atoms. The van der Waals surface area contributed by atoms with Crippen molar-refractivity contribution in [3.63, 3.8) is 0 Å². The molecule has 7 heavy (non-hydrogen) atoms. The second-order valence-corrected chi connectivity index (χ2v) is 1.19. The third-order valence-corrected chi connectivity index (χ3v) is 0.590. The first-order valence-electron chi connectivity index (χ1n) is 1.78. The number of rotatable bonds is 0. The first kappa shape index (κ1) is 4.24. The van der Waals surface area contributed by atoms with E-state index in [-0.39, 0.29) is 0 Å². The molecule has 0 saturated carbocycles. The van der Waals surface area contributed by atoms with Crippen LogP contribution < -0.4 is 5.46 Å². The van der Waals surface area contributed by atoms with Crippen molar-refractivity contribution in [2.75, 3.05) is 0 Å². The summed E-state index contributed by atoms with van der Waals surface area (Å²) in [6, 6.07) is 0. The largest absolute Gasteiger partial charge is 0.412 e. The Bertz CT molecular complexity index is 145. The lowest BCUT2D eigenvalue weighted by Gasteiger charge is -1.78. The van der Waals surface area contributed by atoms with E-state index in [1.807, 2.05) is 0 Å². The van der Waals surface area contributed by atoms with Crippen LogP contribution in [0, 0.1) is 0 Å². The molecule has 0 saturated heterocycles. The molecule has 3 nitrogen and oxygen atoms in total. The van der Waals surface area contributed by atoms with Gasteiger partial charge in [-0.3, -0.25) is 0 Å². The third-order valence-electron chi connectivity index (χ3n) is 0.590. The number of hydrogen-bond acceptors (Lipinski definition) is 2. The molecule has 0 aromatic carbocycles. The predicted octanol–water partition coefficient (Wildman–Crippen LogP) is -1.09. The van der Waals surface area contributed by atoms with Crippen LogP contribution in [0.4, 0.5) is 0 Å². The van der Waals surface area contributed by atoms with Gasteiger partial charge in [-0.1, -0.05) is 5.46 Å². The van der Waals surface area contributed by atoms with E-state index in [1.54, 1.807) is 0 Å². The Hall–Kier alpha value is -0.925. The molecule has 1 aromatic heterocycles. The fourth-order valence-corrected chi connectivity index (χ4v) is 0.326. The molecule has 0 aliphatic carbocycles. The van der Waals surface area contributed by atoms with Crippen LogP contribution in [0.15, 0.2) is 12.4 Å². The Balaban J connectivity index is 3.04. The average molecular weight is 93.9 g/mol. The number of hydrogen-bond donors (Lipinski definition) is 1. The Morgan fingerprint density at radius 1 is 1.86 bits per heavy atom. The van der Waals surface area contributed by atoms with Crippen LogP contribution in [0.2, 0.25) is 0 Å². The van der Waals surface area contributed by atoms with Gasteiger partial charge in [0, 0.05) is 6.20 Å². The molecule has 1 aromatic rings. The molecule has 2 radical (unpaired) electrons. The Labute approximate surface area is 41.9 Å². The summed E-state index contributed by atoms with van der Waals surface area (Å²) in [7, 11) is 5.14. The lowest BCUT2D eigenvalue weighted by atomic mass is 10.0. The summed E-state index contributed by atoms with van der Waals surface area (Å²) in [5.74, 6) is 0. The van der Waals surface area contributed by atoms with E-state index in [0.29, 0.717) is 10.3 Å². The Morgan fingerprint density at radius 3 is 2.71 bits per heavy atom. The zero-order valence-corrected chi connectivity index (χ0v) is 3.57. The van der Waals surface area contributed by atoms with Gasteiger partial charge >= 0.3 is 0 Å². The lowest BCUT2D eigenvalue weighted by molar-refractivity contribution is 0.149. The molecular formula is C3H3BN2O. The maximum atomic E-state index is 8.38. The van der Waals surface area contributed by atoms with Crippen molar-refractivity contribution in [1.82, 2.24) is 9.94 Å². The minimum Gasteiger partial charge on any atom is -0.412 e. The molecule has 0 unspecified atom stereocenters. The molecule has 1 rings (SSSR count). The highest BCUT2D eigenvalue weighted by Gasteiger charge is 1.83. The van der Waals surface area contributed by atoms with Gasteiger partial charge in [-0.25, -0.2) is 0 Å². The van der Waals surface area contributed by atoms with Crippen LogP contribution in [0.1, 0.15) is 0 Å². The quantitative estimate of drug-likeness (QED) is 0.327. The molecule has 1 N–H and O–H groups in total. The van der Waals surface area contributed by atoms with Crippen molar-refractivity contribution in [3.05, 3.63) is 12.4 Å². The normalized spacial score (nSPS) is 9.14. The van der Waals surface area contributed by atoms with Gasteiger partial charge in [-0.15, -0.1) is 9.94 Å². The second-order valence-electron chi connectivity index (χ2n) is 1.19. The summed E-state index contributed by atoms with van der Waals surface area (Å²) in [4.78, 5) is 0.662. The van der Waals surface area contributed by atoms with Gasteiger partial charge in [0.25, 0.3) is 0 Å². The minimum absolute atomic E-state index is 0.461. The summed E-state index contributed by atoms with van der Waals surface area (Å²) < 4.78 is 0. The lowest BCUT2D eigenvalue weighted by Crippen LogP contribution is -1.95. The summed E-state index contributed by atoms with van der Waals surface area (Å²) in [5.41, 5.74) is 0.461. The van der Waals surface area contributed by atoms with Crippen LogP contribution in [0.25, 0.3) is 0 Å². The highest BCUT2D eigenvalue weighted by molar-refractivity contribution is 6.31. The number of aromatic nitrogens is 2. The SMILES string of the molecule is [B]c1cnn(O)c1. The summed E-state index contributed by atoms with van der Waals surface area (Å²) in [5, 5.41) is 11.7. The van der Waals surface area contributed by atoms with Crippen molar-refractivity contribution < 1.29 is 5.21 Å². The van der Waals surface area contributed by atoms with E-state index >= 15 is 0 Å². The van der Waals surface area contributed by atoms with E-state index in [9.17, 15) is 0 Å². The summed E-state index contributed by atoms with van der Waals surface area (Å²) in [6.45, 7) is 0. The van der Waals surface area contributed by atoms with Gasteiger partial charge < -0.3 is 5.21 Å². The molecule has 0 amide bonds. The first-order valence-corrected chi connectivity index (χ1v) is 1.78. The molecular weight excluding hydrogens is 90.9 g/mol. The topological polar surface area (TPSA) is 38.0 Å². The maximum Gasteiger partial charge on any atom is 0.118 e. The van der Waals surface area contributed by atoms with E-state index < -0.39 is 0 Å². The zero-order chi connectivity index (χ0) is 5.28. The van der Waals surface area contributed by atoms with Gasteiger partial charge in [-0.05, 0) is 0 Å². The monoisotopic (exact) mass is 94.0 g/mol. The van der Waals surface area contributed by atoms with Crippen LogP contribution in [0.5, 0.6) is 0 Å². The van der Waals surface area contributed by atoms with Gasteiger partial charge in [0.1, 0.15) is 7.85 Å². The molecule has 0 fully saturated rings. The van der Waals surface area contributed by atoms with E-state index in [2.05, 4.69) is 5.10 Å². The highest BCUT2D eigenvalue weighted by atomic mass is 16.5. The molecule has 0 bridgehead atoms. The van der Waals surface area contributed by atoms with Crippen LogP contribution in [-0.2, 0) is 0 Å². The molecule has 0 atom stereocenters. The molecule has 0 aliphatic heterocycles. The summed E-state index contributed by atoms with van der Waals surface area (Å²) in [6.07, 6.45) is 2.67. The number of nitrogens with zero attached hydrogens (tertiary/aromatic N) is 2. The van der Waals surface area contributed by atoms with Crippen LogP contribution >= 0.6 is 0 Å². The Kier molecular flexibility index (Phi) is 0.783. The zero-order valence-electron chi connectivity index (χ0n) is 3.57. The van der Waals surface area contributed by atoms with Gasteiger partial charge in [0.05, 0.1) is 6.20 Å². The fraction of sp³-hybridized carbons (Fsp3) is 0. The molecule has 1 heterocycles. The maximum absolute atomic E-state index is 8.38. The fourth-order valence-electron chi connectivity index (χ4n) is 0.326. The van der Waals surface area contributed by atoms with E-state index in [4.69, 9.17) is 13.1 Å². The Morgan fingerprint density at radius 2 is 2.57 bits per heavy atom. The standard InChI is InChI=1S/C3H3BN2O/c4-3-1-5-6(7)2-3/h1-2,7H. The van der Waals surface area contributed by atoms with Gasteiger partial charge in [0.2, 0.25) is 0 Å². The van der Waals surface area contributed by atoms with Gasteiger partial charge in [0.15, 0.2) is 0 Å². The first-order chi connectivity index (χ1) is 3.29. The molecule has 34 valence electrons. The van der Waals surface area contributed by atoms with Crippen molar-refractivity contribution in [2.24, 2.45) is 0 Å². The third kappa shape index (κ3) is 0.736. The smallest absolute Gasteiger partial charge is 0.118 e. The summed E-state index contributed by atoms with van der Waals surface area (Å²) >= 11 is 0. The predicted molar refractivity (Wildman–Crippen MR) is 24.8 cm³/mol. The van der Waals surface area contributed by atoms with Crippen molar-refractivity contribution in [3.8, 4) is 0 Å². The van der Waals surface area contributed by atoms with Crippen molar-refractivity contribution >= 4 is 13.3 Å². The molecule has 0 aliphatic rings. The average Bonchev–Trinajstić information content (AvgIpc) is 1.87. The van der Waals surface area contributed by atoms with Crippen LogP contribution in [-0.4, -0.2) is 23.0 Å². The highest BCUT2D eigenvalue weighted by Crippen LogP contribution is 1.68. The van der Waals surface area contributed by atoms with Gasteiger partial charge in [-0.2, -0.15) is 0 Å². The second kappa shape index (κ2) is 1.29.